The Morgan fingerprint density at radius 3 is 3.00 bits per heavy atom. The van der Waals surface area contributed by atoms with Crippen molar-refractivity contribution in [2.24, 2.45) is 0 Å². The molecule has 0 aliphatic heterocycles. The molecule has 1 saturated carbocycles. The van der Waals surface area contributed by atoms with Crippen LogP contribution in [0.15, 0.2) is 18.2 Å². The lowest BCUT2D eigenvalue weighted by atomic mass is 9.93. The fourth-order valence-electron chi connectivity index (χ4n) is 1.82. The minimum absolute atomic E-state index is 0.673. The number of nitrogens with zero attached hydrogens (tertiary/aromatic N) is 1. The van der Waals surface area contributed by atoms with Crippen molar-refractivity contribution in [1.82, 2.24) is 4.98 Å². The predicted molar refractivity (Wildman–Crippen MR) is 65.6 cm³/mol. The normalized spacial score (nSPS) is 16.6. The quantitative estimate of drug-likeness (QED) is 0.833. The highest BCUT2D eigenvalue weighted by Gasteiger charge is 2.18. The van der Waals surface area contributed by atoms with Crippen molar-refractivity contribution in [2.75, 3.05) is 5.32 Å². The smallest absolute Gasteiger partial charge is 0.184 e. The molecule has 78 valence electrons. The Kier molecular flexibility index (Phi) is 2.13. The fraction of sp³-hybridized carbons (Fsp3) is 0.417. The van der Waals surface area contributed by atoms with Crippen LogP contribution in [-0.2, 0) is 0 Å². The number of hydrogen-bond acceptors (Lipinski definition) is 3. The first-order chi connectivity index (χ1) is 7.31. The maximum atomic E-state index is 4.58. The van der Waals surface area contributed by atoms with Gasteiger partial charge in [-0.1, -0.05) is 17.4 Å². The Hall–Kier alpha value is -1.09. The molecule has 1 aliphatic rings. The molecular formula is C12H14N2S. The molecule has 0 atom stereocenters. The van der Waals surface area contributed by atoms with E-state index in [2.05, 4.69) is 35.4 Å². The van der Waals surface area contributed by atoms with Crippen molar-refractivity contribution >= 4 is 26.7 Å². The minimum Gasteiger partial charge on any atom is -0.359 e. The van der Waals surface area contributed by atoms with E-state index >= 15 is 0 Å². The molecule has 1 aliphatic carbocycles. The summed E-state index contributed by atoms with van der Waals surface area (Å²) < 4.78 is 1.29. The van der Waals surface area contributed by atoms with Gasteiger partial charge in [0.2, 0.25) is 0 Å². The molecule has 2 nitrogen and oxygen atoms in total. The summed E-state index contributed by atoms with van der Waals surface area (Å²) in [6.07, 6.45) is 3.96. The van der Waals surface area contributed by atoms with Gasteiger partial charge in [0.05, 0.1) is 10.2 Å². The fourth-order valence-corrected chi connectivity index (χ4v) is 2.86. The van der Waals surface area contributed by atoms with Crippen molar-refractivity contribution in [3.63, 3.8) is 0 Å². The van der Waals surface area contributed by atoms with Gasteiger partial charge in [0.15, 0.2) is 5.13 Å². The van der Waals surface area contributed by atoms with Crippen LogP contribution >= 0.6 is 11.3 Å². The van der Waals surface area contributed by atoms with Crippen molar-refractivity contribution in [1.29, 1.82) is 0 Å². The lowest BCUT2D eigenvalue weighted by molar-refractivity contribution is 0.445. The summed E-state index contributed by atoms with van der Waals surface area (Å²) in [5, 5.41) is 4.58. The van der Waals surface area contributed by atoms with Crippen LogP contribution in [0.3, 0.4) is 0 Å². The van der Waals surface area contributed by atoms with Crippen LogP contribution in [0.2, 0.25) is 0 Å². The first kappa shape index (κ1) is 9.16. The zero-order valence-electron chi connectivity index (χ0n) is 8.79. The van der Waals surface area contributed by atoms with Crippen molar-refractivity contribution < 1.29 is 0 Å². The average molecular weight is 218 g/mol. The monoisotopic (exact) mass is 218 g/mol. The Morgan fingerprint density at radius 1 is 1.40 bits per heavy atom. The Labute approximate surface area is 93.3 Å². The lowest BCUT2D eigenvalue weighted by Crippen LogP contribution is -2.26. The highest BCUT2D eigenvalue weighted by atomic mass is 32.1. The molecule has 1 N–H and O–H groups in total. The molecule has 1 heterocycles. The Balaban J connectivity index is 1.91. The number of hydrogen-bond donors (Lipinski definition) is 1. The standard InChI is InChI=1S/C12H14N2S/c1-8-5-6-10-11(7-8)15-12(14-10)13-9-3-2-4-9/h5-7,9H,2-4H2,1H3,(H,13,14). The first-order valence-electron chi connectivity index (χ1n) is 5.45. The van der Waals surface area contributed by atoms with Gasteiger partial charge in [0.25, 0.3) is 0 Å². The van der Waals surface area contributed by atoms with E-state index in [-0.39, 0.29) is 0 Å². The van der Waals surface area contributed by atoms with Crippen LogP contribution in [0.5, 0.6) is 0 Å². The summed E-state index contributed by atoms with van der Waals surface area (Å²) in [6, 6.07) is 7.10. The number of anilines is 1. The third-order valence-electron chi connectivity index (χ3n) is 2.98. The molecule has 1 fully saturated rings. The van der Waals surface area contributed by atoms with E-state index in [0.717, 1.165) is 10.6 Å². The van der Waals surface area contributed by atoms with E-state index in [9.17, 15) is 0 Å². The van der Waals surface area contributed by atoms with Gasteiger partial charge in [-0.3, -0.25) is 0 Å². The maximum absolute atomic E-state index is 4.58. The molecule has 0 radical (unpaired) electrons. The predicted octanol–water partition coefficient (Wildman–Crippen LogP) is 3.57. The molecule has 3 rings (SSSR count). The van der Waals surface area contributed by atoms with E-state index in [4.69, 9.17) is 0 Å². The number of fused-ring (bicyclic) bond motifs is 1. The number of benzene rings is 1. The third-order valence-corrected chi connectivity index (χ3v) is 3.93. The topological polar surface area (TPSA) is 24.9 Å². The van der Waals surface area contributed by atoms with Gasteiger partial charge in [-0.15, -0.1) is 0 Å². The van der Waals surface area contributed by atoms with E-state index in [0.29, 0.717) is 6.04 Å². The Bertz CT molecular complexity index is 485. The van der Waals surface area contributed by atoms with Crippen LogP contribution in [-0.4, -0.2) is 11.0 Å². The van der Waals surface area contributed by atoms with Crippen molar-refractivity contribution in [2.45, 2.75) is 32.2 Å². The van der Waals surface area contributed by atoms with Crippen molar-refractivity contribution in [3.8, 4) is 0 Å². The van der Waals surface area contributed by atoms with E-state index < -0.39 is 0 Å². The zero-order chi connectivity index (χ0) is 10.3. The summed E-state index contributed by atoms with van der Waals surface area (Å²) in [5.74, 6) is 0. The molecular weight excluding hydrogens is 204 g/mol. The van der Waals surface area contributed by atoms with Gasteiger partial charge in [0.1, 0.15) is 0 Å². The molecule has 0 amide bonds. The van der Waals surface area contributed by atoms with Gasteiger partial charge in [0, 0.05) is 6.04 Å². The van der Waals surface area contributed by atoms with Crippen molar-refractivity contribution in [3.05, 3.63) is 23.8 Å². The van der Waals surface area contributed by atoms with Crippen LogP contribution in [0.1, 0.15) is 24.8 Å². The highest BCUT2D eigenvalue weighted by molar-refractivity contribution is 7.22. The summed E-state index contributed by atoms with van der Waals surface area (Å²) in [5.41, 5.74) is 2.42. The lowest BCUT2D eigenvalue weighted by Gasteiger charge is -2.25. The average Bonchev–Trinajstić information content (AvgIpc) is 2.53. The molecule has 2 aromatic rings. The third kappa shape index (κ3) is 1.72. The summed E-state index contributed by atoms with van der Waals surface area (Å²) in [6.45, 7) is 2.12. The van der Waals surface area contributed by atoms with E-state index in [1.807, 2.05) is 0 Å². The summed E-state index contributed by atoms with van der Waals surface area (Å²) >= 11 is 1.77. The second-order valence-corrected chi connectivity index (χ2v) is 5.29. The summed E-state index contributed by atoms with van der Waals surface area (Å²) in [7, 11) is 0. The molecule has 0 spiro atoms. The number of rotatable bonds is 2. The molecule has 0 bridgehead atoms. The SMILES string of the molecule is Cc1ccc2nc(NC3CCC3)sc2c1. The molecule has 0 saturated heterocycles. The molecule has 3 heteroatoms. The van der Waals surface area contributed by atoms with Gasteiger partial charge in [-0.05, 0) is 43.9 Å². The molecule has 1 aromatic heterocycles. The highest BCUT2D eigenvalue weighted by Crippen LogP contribution is 2.30. The van der Waals surface area contributed by atoms with Crippen LogP contribution < -0.4 is 5.32 Å². The second-order valence-electron chi connectivity index (χ2n) is 4.26. The number of aryl methyl sites for hydroxylation is 1. The zero-order valence-corrected chi connectivity index (χ0v) is 9.60. The molecule has 15 heavy (non-hydrogen) atoms. The van der Waals surface area contributed by atoms with Gasteiger partial charge >= 0.3 is 0 Å². The molecule has 1 aromatic carbocycles. The van der Waals surface area contributed by atoms with Crippen LogP contribution in [0, 0.1) is 6.92 Å². The Morgan fingerprint density at radius 2 is 2.27 bits per heavy atom. The van der Waals surface area contributed by atoms with Gasteiger partial charge in [-0.25, -0.2) is 4.98 Å². The largest absolute Gasteiger partial charge is 0.359 e. The minimum atomic E-state index is 0.673. The van der Waals surface area contributed by atoms with E-state index in [1.54, 1.807) is 11.3 Å². The molecule has 0 unspecified atom stereocenters. The summed E-state index contributed by atoms with van der Waals surface area (Å²) in [4.78, 5) is 4.58. The second kappa shape index (κ2) is 3.49. The van der Waals surface area contributed by atoms with Gasteiger partial charge < -0.3 is 5.32 Å². The number of thiazole rings is 1. The van der Waals surface area contributed by atoms with E-state index in [1.165, 1.54) is 29.5 Å². The first-order valence-corrected chi connectivity index (χ1v) is 6.27. The van der Waals surface area contributed by atoms with Crippen LogP contribution in [0.4, 0.5) is 5.13 Å². The van der Waals surface area contributed by atoms with Gasteiger partial charge in [-0.2, -0.15) is 0 Å². The maximum Gasteiger partial charge on any atom is 0.184 e. The number of aromatic nitrogens is 1. The number of nitrogens with one attached hydrogen (secondary N) is 1. The van der Waals surface area contributed by atoms with Crippen LogP contribution in [0.25, 0.3) is 10.2 Å².